The van der Waals surface area contributed by atoms with E-state index in [1.807, 2.05) is 24.3 Å². The third-order valence-corrected chi connectivity index (χ3v) is 9.19. The van der Waals surface area contributed by atoms with E-state index < -0.39 is 12.1 Å². The molecule has 1 fully saturated rings. The molecular weight excluding hydrogens is 614 g/mol. The Morgan fingerprint density at radius 2 is 1.55 bits per heavy atom. The molecule has 2 heterocycles. The topological polar surface area (TPSA) is 91.4 Å². The second-order valence-corrected chi connectivity index (χ2v) is 12.5. The highest BCUT2D eigenvalue weighted by Gasteiger charge is 2.23. The first-order valence-electron chi connectivity index (χ1n) is 15.7. The van der Waals surface area contributed by atoms with Crippen LogP contribution in [0.4, 0.5) is 4.79 Å². The van der Waals surface area contributed by atoms with Gasteiger partial charge in [-0.3, -0.25) is 9.69 Å². The first-order valence-corrected chi connectivity index (χ1v) is 16.5. The van der Waals surface area contributed by atoms with Gasteiger partial charge in [0.05, 0.1) is 12.2 Å². The fourth-order valence-corrected chi connectivity index (χ4v) is 6.83. The Kier molecular flexibility index (Phi) is 9.94. The van der Waals surface area contributed by atoms with Crippen molar-refractivity contribution in [1.29, 1.82) is 0 Å². The molecule has 4 aromatic carbocycles. The molecule has 1 atom stereocenters. The van der Waals surface area contributed by atoms with Crippen LogP contribution in [-0.4, -0.2) is 55.7 Å². The molecule has 0 saturated carbocycles. The number of ether oxygens (including phenoxy) is 4. The molecule has 1 saturated heterocycles. The molecule has 0 spiro atoms. The van der Waals surface area contributed by atoms with Gasteiger partial charge >= 0.3 is 12.1 Å². The molecule has 47 heavy (non-hydrogen) atoms. The summed E-state index contributed by atoms with van der Waals surface area (Å²) in [4.78, 5) is 41.8. The summed E-state index contributed by atoms with van der Waals surface area (Å²) >= 11 is 1.42. The van der Waals surface area contributed by atoms with Gasteiger partial charge in [0, 0.05) is 39.2 Å². The van der Waals surface area contributed by atoms with Crippen LogP contribution < -0.4 is 14.2 Å². The van der Waals surface area contributed by atoms with E-state index in [4.69, 9.17) is 18.9 Å². The van der Waals surface area contributed by atoms with Crippen LogP contribution in [0.25, 0.3) is 20.5 Å². The van der Waals surface area contributed by atoms with Gasteiger partial charge in [0.25, 0.3) is 0 Å². The number of rotatable bonds is 11. The molecule has 0 bridgehead atoms. The number of thiophene rings is 1. The average Bonchev–Trinajstić information content (AvgIpc) is 3.68. The normalized spacial score (nSPS) is 14.6. The third-order valence-electron chi connectivity index (χ3n) is 7.99. The number of likely N-dealkylation sites (tertiary alicyclic amines) is 1. The predicted molar refractivity (Wildman–Crippen MR) is 182 cm³/mol. The maximum atomic E-state index is 14.2. The van der Waals surface area contributed by atoms with E-state index in [1.165, 1.54) is 17.8 Å². The van der Waals surface area contributed by atoms with Gasteiger partial charge in [-0.05, 0) is 110 Å². The smallest absolute Gasteiger partial charge is 0.492 e. The van der Waals surface area contributed by atoms with E-state index in [-0.39, 0.29) is 12.4 Å². The fraction of sp³-hybridized carbons (Fsp3) is 0.237. The molecule has 1 aliphatic rings. The van der Waals surface area contributed by atoms with Gasteiger partial charge < -0.3 is 18.9 Å². The predicted octanol–water partition coefficient (Wildman–Crippen LogP) is 8.27. The molecule has 0 radical (unpaired) electrons. The summed E-state index contributed by atoms with van der Waals surface area (Å²) in [5.41, 5.74) is 2.26. The van der Waals surface area contributed by atoms with Crippen LogP contribution in [-0.2, 0) is 4.74 Å². The van der Waals surface area contributed by atoms with Crippen LogP contribution in [0, 0.1) is 5.92 Å². The summed E-state index contributed by atoms with van der Waals surface area (Å²) in [5.74, 6) is 1.53. The van der Waals surface area contributed by atoms with Crippen LogP contribution in [0.1, 0.15) is 46.5 Å². The summed E-state index contributed by atoms with van der Waals surface area (Å²) in [6, 6.07) is 28.2. The second kappa shape index (κ2) is 14.6. The zero-order valence-electron chi connectivity index (χ0n) is 26.3. The number of nitrogens with zero attached hydrogens (tertiary/aromatic N) is 1. The minimum absolute atomic E-state index is 0.148. The number of benzene rings is 4. The maximum absolute atomic E-state index is 14.2. The summed E-state index contributed by atoms with van der Waals surface area (Å²) in [5, 5.41) is 0.738. The van der Waals surface area contributed by atoms with E-state index >= 15 is 0 Å². The summed E-state index contributed by atoms with van der Waals surface area (Å²) < 4.78 is 22.5. The maximum Gasteiger partial charge on any atom is 0.513 e. The number of carbonyl (C=O) groups excluding carboxylic acids is 3. The molecular formula is C38H35NO7S. The van der Waals surface area contributed by atoms with Crippen LogP contribution >= 0.6 is 11.3 Å². The number of ketones is 1. The molecule has 0 N–H and O–H groups in total. The van der Waals surface area contributed by atoms with E-state index in [1.54, 1.807) is 79.7 Å². The summed E-state index contributed by atoms with van der Waals surface area (Å²) in [7, 11) is 0. The third kappa shape index (κ3) is 7.70. The van der Waals surface area contributed by atoms with Crippen LogP contribution in [0.5, 0.6) is 17.2 Å². The van der Waals surface area contributed by atoms with Crippen molar-refractivity contribution < 1.29 is 33.3 Å². The van der Waals surface area contributed by atoms with Crippen molar-refractivity contribution in [3.63, 3.8) is 0 Å². The van der Waals surface area contributed by atoms with Crippen molar-refractivity contribution >= 4 is 39.3 Å². The van der Waals surface area contributed by atoms with Gasteiger partial charge in [-0.2, -0.15) is 0 Å². The SMILES string of the molecule is CCOC(=O)Oc1ccc(-c2sc3cc(OC(=O)c4ccccc4)ccc3c2C(=O)c2ccc(OCCN3CCC(C)C3)cc2)cc1. The Morgan fingerprint density at radius 1 is 0.830 bits per heavy atom. The highest BCUT2D eigenvalue weighted by molar-refractivity contribution is 7.22. The molecule has 1 aromatic heterocycles. The van der Waals surface area contributed by atoms with Gasteiger partial charge in [-0.15, -0.1) is 11.3 Å². The van der Waals surface area contributed by atoms with Crippen molar-refractivity contribution in [3.8, 4) is 27.7 Å². The minimum atomic E-state index is -0.784. The lowest BCUT2D eigenvalue weighted by Crippen LogP contribution is -2.25. The lowest BCUT2D eigenvalue weighted by atomic mass is 9.97. The number of hydrogen-bond donors (Lipinski definition) is 0. The molecule has 8 nitrogen and oxygen atoms in total. The molecule has 0 aliphatic carbocycles. The second-order valence-electron chi connectivity index (χ2n) is 11.4. The van der Waals surface area contributed by atoms with Gasteiger partial charge in [0.2, 0.25) is 0 Å². The van der Waals surface area contributed by atoms with Crippen molar-refractivity contribution in [2.24, 2.45) is 5.92 Å². The number of esters is 1. The first kappa shape index (κ1) is 32.0. The molecule has 9 heteroatoms. The lowest BCUT2D eigenvalue weighted by Gasteiger charge is -2.15. The van der Waals surface area contributed by atoms with Gasteiger partial charge in [0.1, 0.15) is 23.9 Å². The Hall–Kier alpha value is -4.99. The van der Waals surface area contributed by atoms with Gasteiger partial charge in [-0.25, -0.2) is 9.59 Å². The van der Waals surface area contributed by atoms with Gasteiger partial charge in [0.15, 0.2) is 5.78 Å². The summed E-state index contributed by atoms with van der Waals surface area (Å²) in [6.07, 6.45) is 0.440. The largest absolute Gasteiger partial charge is 0.513 e. The van der Waals surface area contributed by atoms with E-state index in [0.717, 1.165) is 46.1 Å². The standard InChI is InChI=1S/C38H35NO7S/c1-3-43-38(42)46-30-15-11-27(12-16-30)36-34(32-18-17-31(23-33(32)47-36)45-37(41)28-7-5-4-6-8-28)35(40)26-9-13-29(14-10-26)44-22-21-39-20-19-25(2)24-39/h4-18,23,25H,3,19-22,24H2,1-2H3. The molecule has 0 amide bonds. The number of hydrogen-bond acceptors (Lipinski definition) is 9. The Labute approximate surface area is 277 Å². The van der Waals surface area contributed by atoms with E-state index in [2.05, 4.69) is 11.8 Å². The average molecular weight is 650 g/mol. The summed E-state index contributed by atoms with van der Waals surface area (Å²) in [6.45, 7) is 7.85. The zero-order chi connectivity index (χ0) is 32.8. The van der Waals surface area contributed by atoms with Gasteiger partial charge in [-0.1, -0.05) is 25.1 Å². The zero-order valence-corrected chi connectivity index (χ0v) is 27.1. The van der Waals surface area contributed by atoms with Crippen LogP contribution in [0.2, 0.25) is 0 Å². The van der Waals surface area contributed by atoms with Crippen LogP contribution in [0.3, 0.4) is 0 Å². The number of fused-ring (bicyclic) bond motifs is 1. The molecule has 240 valence electrons. The Morgan fingerprint density at radius 3 is 2.26 bits per heavy atom. The molecule has 6 rings (SSSR count). The Bertz CT molecular complexity index is 1870. The molecule has 1 unspecified atom stereocenters. The minimum Gasteiger partial charge on any atom is -0.492 e. The van der Waals surface area contributed by atoms with Crippen molar-refractivity contribution in [2.45, 2.75) is 20.3 Å². The monoisotopic (exact) mass is 649 g/mol. The molecule has 5 aromatic rings. The molecule has 1 aliphatic heterocycles. The fourth-order valence-electron chi connectivity index (χ4n) is 5.60. The highest BCUT2D eigenvalue weighted by atomic mass is 32.1. The van der Waals surface area contributed by atoms with Crippen molar-refractivity contribution in [2.75, 3.05) is 32.8 Å². The van der Waals surface area contributed by atoms with Crippen molar-refractivity contribution in [1.82, 2.24) is 4.90 Å². The quantitative estimate of drug-likeness (QED) is 0.0611. The van der Waals surface area contributed by atoms with E-state index in [0.29, 0.717) is 40.5 Å². The van der Waals surface area contributed by atoms with Crippen molar-refractivity contribution in [3.05, 3.63) is 114 Å². The highest BCUT2D eigenvalue weighted by Crippen LogP contribution is 2.42. The van der Waals surface area contributed by atoms with E-state index in [9.17, 15) is 14.4 Å². The number of carbonyl (C=O) groups is 3. The first-order chi connectivity index (χ1) is 22.9. The van der Waals surface area contributed by atoms with Crippen LogP contribution in [0.15, 0.2) is 97.1 Å². The Balaban J connectivity index is 1.27. The lowest BCUT2D eigenvalue weighted by molar-refractivity contribution is 0.0734.